The molecule has 4 nitrogen and oxygen atoms in total. The number of carbonyl (C=O) groups is 1. The number of hydrogen-bond acceptors (Lipinski definition) is 3. The molecule has 0 spiro atoms. The summed E-state index contributed by atoms with van der Waals surface area (Å²) in [7, 11) is 0. The molecule has 58 valence electrons. The summed E-state index contributed by atoms with van der Waals surface area (Å²) in [5.41, 5.74) is 0. The number of rotatable bonds is 0. The highest BCUT2D eigenvalue weighted by atomic mass is 19.4. The summed E-state index contributed by atoms with van der Waals surface area (Å²) in [6, 6.07) is 0. The highest BCUT2D eigenvalue weighted by molar-refractivity contribution is 6.31. The van der Waals surface area contributed by atoms with Crippen LogP contribution in [0.15, 0.2) is 10.2 Å². The predicted molar refractivity (Wildman–Crippen MR) is 28.1 cm³/mol. The Kier molecular flexibility index (Phi) is 1.63. The van der Waals surface area contributed by atoms with E-state index >= 15 is 0 Å². The summed E-state index contributed by atoms with van der Waals surface area (Å²) < 4.78 is 35.0. The topological polar surface area (TPSA) is 55.9 Å². The zero-order valence-corrected chi connectivity index (χ0v) is 4.88. The smallest absolute Gasteiger partial charge is 0.265 e. The summed E-state index contributed by atoms with van der Waals surface area (Å²) in [6.07, 6.45) is -3.11. The van der Waals surface area contributed by atoms with Crippen LogP contribution in [-0.4, -0.2) is 24.1 Å². The van der Waals surface area contributed by atoms with Crippen LogP contribution < -0.4 is 5.32 Å². The molecular formula is C4F3N3O. The van der Waals surface area contributed by atoms with Crippen molar-refractivity contribution < 1.29 is 18.0 Å². The first kappa shape index (κ1) is 7.70. The van der Waals surface area contributed by atoms with Gasteiger partial charge < -0.3 is 0 Å². The van der Waals surface area contributed by atoms with Crippen LogP contribution in [0.2, 0.25) is 0 Å². The molecule has 0 aromatic rings. The van der Waals surface area contributed by atoms with Gasteiger partial charge in [-0.1, -0.05) is 0 Å². The van der Waals surface area contributed by atoms with Crippen molar-refractivity contribution in [3.63, 3.8) is 0 Å². The molecular weight excluding hydrogens is 163 g/mol. The van der Waals surface area contributed by atoms with Crippen LogP contribution in [0.3, 0.4) is 0 Å². The van der Waals surface area contributed by atoms with Gasteiger partial charge in [-0.15, -0.1) is 10.2 Å². The minimum Gasteiger partial charge on any atom is -0.265 e. The normalized spacial score (nSPS) is 17.7. The van der Waals surface area contributed by atoms with Crippen molar-refractivity contribution in [2.75, 3.05) is 0 Å². The van der Waals surface area contributed by atoms with E-state index in [9.17, 15) is 18.0 Å². The van der Waals surface area contributed by atoms with E-state index in [0.29, 0.717) is 0 Å². The van der Waals surface area contributed by atoms with Gasteiger partial charge in [0.15, 0.2) is 6.21 Å². The molecule has 0 aliphatic carbocycles. The first-order chi connectivity index (χ1) is 5.00. The van der Waals surface area contributed by atoms with E-state index in [1.165, 1.54) is 0 Å². The van der Waals surface area contributed by atoms with Crippen molar-refractivity contribution in [2.24, 2.45) is 10.2 Å². The van der Waals surface area contributed by atoms with E-state index in [1.807, 2.05) is 0 Å². The fourth-order valence-corrected chi connectivity index (χ4v) is 0.379. The number of carbonyl (C=O) groups excluding carboxylic acids is 1. The average Bonchev–Trinajstić information content (AvgIpc) is 1.86. The van der Waals surface area contributed by atoms with Crippen molar-refractivity contribution in [3.8, 4) is 0 Å². The third-order valence-corrected chi connectivity index (χ3v) is 0.751. The van der Waals surface area contributed by atoms with Crippen molar-refractivity contribution >= 4 is 18.0 Å². The molecule has 0 unspecified atom stereocenters. The van der Waals surface area contributed by atoms with Crippen LogP contribution in [-0.2, 0) is 4.79 Å². The maximum absolute atomic E-state index is 11.7. The third kappa shape index (κ3) is 1.76. The van der Waals surface area contributed by atoms with Gasteiger partial charge in [0, 0.05) is 0 Å². The van der Waals surface area contributed by atoms with Crippen molar-refractivity contribution in [2.45, 2.75) is 6.18 Å². The zero-order chi connectivity index (χ0) is 8.48. The molecule has 1 aliphatic rings. The number of amidine groups is 1. The summed E-state index contributed by atoms with van der Waals surface area (Å²) in [4.78, 5) is 10.2. The van der Waals surface area contributed by atoms with E-state index < -0.39 is 17.9 Å². The van der Waals surface area contributed by atoms with E-state index in [1.54, 1.807) is 6.21 Å². The molecule has 0 N–H and O–H groups in total. The van der Waals surface area contributed by atoms with Gasteiger partial charge in [0.2, 0.25) is 0 Å². The average molecular weight is 163 g/mol. The number of nitrogens with zero attached hydrogens (tertiary/aromatic N) is 3. The minimum absolute atomic E-state index is 1.17. The molecule has 1 amide bonds. The van der Waals surface area contributed by atoms with Crippen molar-refractivity contribution in [1.82, 2.24) is 5.32 Å². The van der Waals surface area contributed by atoms with Gasteiger partial charge in [-0.2, -0.15) is 18.5 Å². The molecule has 11 heavy (non-hydrogen) atoms. The lowest BCUT2D eigenvalue weighted by molar-refractivity contribution is -0.115. The zero-order valence-electron chi connectivity index (χ0n) is 4.88. The lowest BCUT2D eigenvalue weighted by Gasteiger charge is -2.07. The van der Waals surface area contributed by atoms with Gasteiger partial charge in [-0.25, -0.2) is 0 Å². The van der Waals surface area contributed by atoms with E-state index in [0.717, 1.165) is 0 Å². The van der Waals surface area contributed by atoms with Gasteiger partial charge in [-0.05, 0) is 0 Å². The fraction of sp³-hybridized carbons (Fsp3) is 0.250. The van der Waals surface area contributed by atoms with Gasteiger partial charge in [-0.3, -0.25) is 4.79 Å². The second-order valence-corrected chi connectivity index (χ2v) is 1.55. The van der Waals surface area contributed by atoms with Crippen molar-refractivity contribution in [1.29, 1.82) is 0 Å². The second kappa shape index (κ2) is 2.33. The number of halogens is 3. The number of hydrogen-bond donors (Lipinski definition) is 0. The lowest BCUT2D eigenvalue weighted by atomic mass is 10.5. The SMILES string of the molecule is O=C1[C]=NN=C(C(F)(F)F)[N]1. The quantitative estimate of drug-likeness (QED) is 0.494. The monoisotopic (exact) mass is 163 g/mol. The van der Waals surface area contributed by atoms with Crippen LogP contribution in [0.5, 0.6) is 0 Å². The van der Waals surface area contributed by atoms with E-state index in [2.05, 4.69) is 15.5 Å². The molecule has 0 aromatic carbocycles. The summed E-state index contributed by atoms with van der Waals surface area (Å²) in [5, 5.41) is 7.78. The largest absolute Gasteiger partial charge is 0.453 e. The first-order valence-corrected chi connectivity index (χ1v) is 2.37. The second-order valence-electron chi connectivity index (χ2n) is 1.55. The Morgan fingerprint density at radius 1 is 1.36 bits per heavy atom. The highest BCUT2D eigenvalue weighted by Gasteiger charge is 2.39. The van der Waals surface area contributed by atoms with Crippen LogP contribution in [0.25, 0.3) is 0 Å². The molecule has 7 heteroatoms. The van der Waals surface area contributed by atoms with E-state index in [4.69, 9.17) is 0 Å². The molecule has 0 bridgehead atoms. The molecule has 0 atom stereocenters. The molecule has 0 aromatic heterocycles. The lowest BCUT2D eigenvalue weighted by Crippen LogP contribution is -2.37. The molecule has 1 aliphatic heterocycles. The molecule has 1 rings (SSSR count). The summed E-state index contributed by atoms with van der Waals surface area (Å²) in [5.74, 6) is -2.71. The van der Waals surface area contributed by atoms with Gasteiger partial charge >= 0.3 is 12.1 Å². The predicted octanol–water partition coefficient (Wildman–Crippen LogP) is -0.0454. The van der Waals surface area contributed by atoms with Crippen LogP contribution >= 0.6 is 0 Å². The third-order valence-electron chi connectivity index (χ3n) is 0.751. The van der Waals surface area contributed by atoms with Crippen molar-refractivity contribution in [3.05, 3.63) is 0 Å². The first-order valence-electron chi connectivity index (χ1n) is 2.37. The summed E-state index contributed by atoms with van der Waals surface area (Å²) >= 11 is 0. The highest BCUT2D eigenvalue weighted by Crippen LogP contribution is 2.17. The Bertz CT molecular complexity index is 241. The Labute approximate surface area is 58.8 Å². The van der Waals surface area contributed by atoms with Gasteiger partial charge in [0.1, 0.15) is 0 Å². The maximum atomic E-state index is 11.7. The number of alkyl halides is 3. The molecule has 2 radical (unpaired) electrons. The van der Waals surface area contributed by atoms with Gasteiger partial charge in [0.25, 0.3) is 5.84 Å². The molecule has 0 saturated carbocycles. The minimum atomic E-state index is -4.72. The maximum Gasteiger partial charge on any atom is 0.453 e. The molecule has 1 heterocycles. The number of amides is 1. The van der Waals surface area contributed by atoms with Gasteiger partial charge in [0.05, 0.1) is 0 Å². The molecule has 0 fully saturated rings. The Hall–Kier alpha value is -1.40. The standard InChI is InChI=1S/C4F3N3O/c5-4(6,7)3-9-2(11)1-8-10-3. The Morgan fingerprint density at radius 3 is 2.36 bits per heavy atom. The Morgan fingerprint density at radius 2 is 2.00 bits per heavy atom. The molecule has 0 saturated heterocycles. The van der Waals surface area contributed by atoms with Crippen LogP contribution in [0, 0.1) is 0 Å². The fourth-order valence-electron chi connectivity index (χ4n) is 0.379. The van der Waals surface area contributed by atoms with Crippen LogP contribution in [0.1, 0.15) is 0 Å². The Balaban J connectivity index is 2.83. The summed E-state index contributed by atoms with van der Waals surface area (Å²) in [6.45, 7) is 0. The van der Waals surface area contributed by atoms with Crippen LogP contribution in [0.4, 0.5) is 13.2 Å². The van der Waals surface area contributed by atoms with E-state index in [-0.39, 0.29) is 0 Å².